The van der Waals surface area contributed by atoms with Crippen molar-refractivity contribution in [2.75, 3.05) is 0 Å². The van der Waals surface area contributed by atoms with E-state index in [2.05, 4.69) is 41.4 Å². The molecule has 0 aliphatic heterocycles. The molecule has 254 valence electrons. The van der Waals surface area contributed by atoms with Crippen LogP contribution in [0.2, 0.25) is 0 Å². The normalized spacial score (nSPS) is 11.2. The van der Waals surface area contributed by atoms with Crippen molar-refractivity contribution in [3.8, 4) is 68.7 Å². The maximum absolute atomic E-state index is 9.54. The predicted octanol–water partition coefficient (Wildman–Crippen LogP) is 10.9. The van der Waals surface area contributed by atoms with Gasteiger partial charge in [0.15, 0.2) is 17.5 Å². The molecule has 0 amide bonds. The van der Waals surface area contributed by atoms with Crippen LogP contribution in [0.4, 0.5) is 0 Å². The summed E-state index contributed by atoms with van der Waals surface area (Å²) in [5, 5.41) is 23.2. The van der Waals surface area contributed by atoms with Gasteiger partial charge in [-0.15, -0.1) is 0 Å². The standard InChI is InChI=1S/C47H25N7O/c48-25-28-20-29(26-49)22-36(21-28)30-12-16-32(17-13-30)45-52-46(33-18-14-31(15-19-33)41-27-50-39-9-3-4-10-40(39)51-41)54-47(53-45)37-8-5-11-42-44(37)38-23-34-6-1-2-7-35(34)24-43(38)55-42/h1-24,27H. The van der Waals surface area contributed by atoms with Gasteiger partial charge in [-0.1, -0.05) is 97.1 Å². The minimum Gasteiger partial charge on any atom is -0.456 e. The van der Waals surface area contributed by atoms with Gasteiger partial charge in [-0.3, -0.25) is 4.98 Å². The number of fused-ring (bicyclic) bond motifs is 5. The van der Waals surface area contributed by atoms with Gasteiger partial charge in [0.1, 0.15) is 11.2 Å². The molecule has 3 aromatic heterocycles. The van der Waals surface area contributed by atoms with Crippen molar-refractivity contribution >= 4 is 43.7 Å². The Morgan fingerprint density at radius 1 is 0.455 bits per heavy atom. The quantitative estimate of drug-likeness (QED) is 0.173. The number of nitrogens with zero attached hydrogens (tertiary/aromatic N) is 7. The summed E-state index contributed by atoms with van der Waals surface area (Å²) in [6.07, 6.45) is 1.79. The number of aromatic nitrogens is 5. The minimum atomic E-state index is 0.428. The van der Waals surface area contributed by atoms with E-state index >= 15 is 0 Å². The highest BCUT2D eigenvalue weighted by Gasteiger charge is 2.19. The molecular formula is C47H25N7O. The second-order valence-electron chi connectivity index (χ2n) is 13.2. The van der Waals surface area contributed by atoms with Gasteiger partial charge in [0, 0.05) is 33.0 Å². The van der Waals surface area contributed by atoms with E-state index in [9.17, 15) is 10.5 Å². The van der Waals surface area contributed by atoms with E-state index in [1.54, 1.807) is 24.4 Å². The first-order valence-corrected chi connectivity index (χ1v) is 17.6. The molecule has 8 heteroatoms. The van der Waals surface area contributed by atoms with E-state index in [1.165, 1.54) is 0 Å². The van der Waals surface area contributed by atoms with Crippen LogP contribution in [0.15, 0.2) is 156 Å². The van der Waals surface area contributed by atoms with Gasteiger partial charge in [-0.25, -0.2) is 19.9 Å². The summed E-state index contributed by atoms with van der Waals surface area (Å²) < 4.78 is 6.40. The van der Waals surface area contributed by atoms with Gasteiger partial charge in [0.05, 0.1) is 46.2 Å². The third kappa shape index (κ3) is 5.68. The van der Waals surface area contributed by atoms with Gasteiger partial charge < -0.3 is 4.42 Å². The number of para-hydroxylation sites is 2. The molecule has 0 bridgehead atoms. The fourth-order valence-electron chi connectivity index (χ4n) is 7.07. The summed E-state index contributed by atoms with van der Waals surface area (Å²) in [5.74, 6) is 1.51. The zero-order chi connectivity index (χ0) is 36.9. The lowest BCUT2D eigenvalue weighted by Gasteiger charge is -2.10. The molecule has 0 saturated carbocycles. The van der Waals surface area contributed by atoms with Crippen molar-refractivity contribution in [2.24, 2.45) is 0 Å². The summed E-state index contributed by atoms with van der Waals surface area (Å²) in [5.41, 5.74) is 9.83. The van der Waals surface area contributed by atoms with Crippen LogP contribution in [-0.4, -0.2) is 24.9 Å². The zero-order valence-corrected chi connectivity index (χ0v) is 29.0. The number of furan rings is 1. The maximum Gasteiger partial charge on any atom is 0.164 e. The Kier molecular flexibility index (Phi) is 7.40. The van der Waals surface area contributed by atoms with Crippen molar-refractivity contribution in [3.05, 3.63) is 163 Å². The van der Waals surface area contributed by atoms with E-state index < -0.39 is 0 Å². The van der Waals surface area contributed by atoms with Crippen LogP contribution >= 0.6 is 0 Å². The molecule has 0 saturated heterocycles. The first kappa shape index (κ1) is 31.6. The molecule has 0 aliphatic carbocycles. The molecular weight excluding hydrogens is 679 g/mol. The second kappa shape index (κ2) is 12.9. The molecule has 0 N–H and O–H groups in total. The Morgan fingerprint density at radius 2 is 1.05 bits per heavy atom. The number of hydrogen-bond donors (Lipinski definition) is 0. The molecule has 0 spiro atoms. The molecule has 10 aromatic rings. The summed E-state index contributed by atoms with van der Waals surface area (Å²) in [6.45, 7) is 0. The monoisotopic (exact) mass is 703 g/mol. The molecule has 0 radical (unpaired) electrons. The van der Waals surface area contributed by atoms with E-state index in [0.29, 0.717) is 28.6 Å². The lowest BCUT2D eigenvalue weighted by molar-refractivity contribution is 0.669. The highest BCUT2D eigenvalue weighted by Crippen LogP contribution is 2.38. The first-order valence-electron chi connectivity index (χ1n) is 17.6. The number of hydrogen-bond acceptors (Lipinski definition) is 8. The second-order valence-corrected chi connectivity index (χ2v) is 13.2. The van der Waals surface area contributed by atoms with Crippen molar-refractivity contribution in [1.29, 1.82) is 10.5 Å². The van der Waals surface area contributed by atoms with Crippen LogP contribution in [0.25, 0.3) is 100 Å². The molecule has 7 aromatic carbocycles. The fourth-order valence-corrected chi connectivity index (χ4v) is 7.07. The number of nitriles is 2. The Hall–Kier alpha value is -8.07. The molecule has 0 atom stereocenters. The third-order valence-electron chi connectivity index (χ3n) is 9.79. The molecule has 0 unspecified atom stereocenters. The van der Waals surface area contributed by atoms with Crippen molar-refractivity contribution in [1.82, 2.24) is 24.9 Å². The minimum absolute atomic E-state index is 0.428. The van der Waals surface area contributed by atoms with Gasteiger partial charge in [0.2, 0.25) is 0 Å². The van der Waals surface area contributed by atoms with Crippen LogP contribution < -0.4 is 0 Å². The molecule has 0 fully saturated rings. The van der Waals surface area contributed by atoms with Crippen LogP contribution in [0, 0.1) is 22.7 Å². The SMILES string of the molecule is N#Cc1cc(C#N)cc(-c2ccc(-c3nc(-c4ccc(-c5cnc6ccccc6n5)cc4)nc(-c4cccc5oc6cc7ccccc7cc6c45)n3)cc2)c1. The van der Waals surface area contributed by atoms with E-state index in [1.807, 2.05) is 103 Å². The van der Waals surface area contributed by atoms with E-state index in [-0.39, 0.29) is 0 Å². The molecule has 10 rings (SSSR count). The maximum atomic E-state index is 9.54. The summed E-state index contributed by atoms with van der Waals surface area (Å²) in [6, 6.07) is 51.5. The highest BCUT2D eigenvalue weighted by atomic mass is 16.3. The van der Waals surface area contributed by atoms with Crippen LogP contribution in [0.3, 0.4) is 0 Å². The average Bonchev–Trinajstić information content (AvgIpc) is 3.62. The zero-order valence-electron chi connectivity index (χ0n) is 29.0. The predicted molar refractivity (Wildman–Crippen MR) is 214 cm³/mol. The van der Waals surface area contributed by atoms with Crippen LogP contribution in [0.5, 0.6) is 0 Å². The van der Waals surface area contributed by atoms with Crippen LogP contribution in [-0.2, 0) is 0 Å². The molecule has 8 nitrogen and oxygen atoms in total. The topological polar surface area (TPSA) is 125 Å². The number of benzene rings is 7. The third-order valence-corrected chi connectivity index (χ3v) is 9.79. The summed E-state index contributed by atoms with van der Waals surface area (Å²) in [4.78, 5) is 24.6. The summed E-state index contributed by atoms with van der Waals surface area (Å²) >= 11 is 0. The lowest BCUT2D eigenvalue weighted by atomic mass is 9.99. The number of rotatable bonds is 5. The Labute approximate surface area is 314 Å². The largest absolute Gasteiger partial charge is 0.456 e. The smallest absolute Gasteiger partial charge is 0.164 e. The Balaban J connectivity index is 1.12. The van der Waals surface area contributed by atoms with Crippen molar-refractivity contribution in [3.63, 3.8) is 0 Å². The lowest BCUT2D eigenvalue weighted by Crippen LogP contribution is -2.00. The van der Waals surface area contributed by atoms with E-state index in [0.717, 1.165) is 82.8 Å². The molecule has 55 heavy (non-hydrogen) atoms. The van der Waals surface area contributed by atoms with Crippen molar-refractivity contribution < 1.29 is 4.42 Å². The Morgan fingerprint density at radius 3 is 1.75 bits per heavy atom. The van der Waals surface area contributed by atoms with Gasteiger partial charge >= 0.3 is 0 Å². The fraction of sp³-hybridized carbons (Fsp3) is 0. The van der Waals surface area contributed by atoms with Gasteiger partial charge in [-0.05, 0) is 70.4 Å². The van der Waals surface area contributed by atoms with Crippen molar-refractivity contribution in [2.45, 2.75) is 0 Å². The highest BCUT2D eigenvalue weighted by molar-refractivity contribution is 6.15. The van der Waals surface area contributed by atoms with E-state index in [4.69, 9.17) is 24.4 Å². The average molecular weight is 704 g/mol. The summed E-state index contributed by atoms with van der Waals surface area (Å²) in [7, 11) is 0. The van der Waals surface area contributed by atoms with Gasteiger partial charge in [-0.2, -0.15) is 10.5 Å². The Bertz CT molecular complexity index is 3200. The molecule has 3 heterocycles. The van der Waals surface area contributed by atoms with Gasteiger partial charge in [0.25, 0.3) is 0 Å². The molecule has 0 aliphatic rings. The van der Waals surface area contributed by atoms with Crippen LogP contribution in [0.1, 0.15) is 11.1 Å². The first-order chi connectivity index (χ1) is 27.1.